The molecule has 0 aliphatic rings. The second kappa shape index (κ2) is 7.95. The summed E-state index contributed by atoms with van der Waals surface area (Å²) in [5.74, 6) is -0.0221. The first-order valence-corrected chi connectivity index (χ1v) is 9.60. The summed E-state index contributed by atoms with van der Waals surface area (Å²) < 4.78 is 137. The molecule has 2 heterocycles. The van der Waals surface area contributed by atoms with Crippen LogP contribution in [0.4, 0.5) is 39.5 Å². The van der Waals surface area contributed by atoms with Crippen molar-refractivity contribution in [3.05, 3.63) is 59.4 Å². The van der Waals surface area contributed by atoms with Crippen molar-refractivity contribution in [2.75, 3.05) is 14.2 Å². The van der Waals surface area contributed by atoms with E-state index in [1.165, 1.54) is 32.4 Å². The van der Waals surface area contributed by atoms with Crippen molar-refractivity contribution in [1.82, 2.24) is 9.55 Å². The van der Waals surface area contributed by atoms with Gasteiger partial charge in [0.05, 0.1) is 30.8 Å². The Hall–Kier alpha value is -3.64. The number of nitrogens with zero attached hydrogens (tertiary/aromatic N) is 2. The van der Waals surface area contributed by atoms with Gasteiger partial charge in [-0.05, 0) is 24.3 Å². The lowest BCUT2D eigenvalue weighted by Crippen LogP contribution is -2.19. The van der Waals surface area contributed by atoms with Gasteiger partial charge in [-0.15, -0.1) is 0 Å². The summed E-state index contributed by atoms with van der Waals surface area (Å²) >= 11 is 0. The summed E-state index contributed by atoms with van der Waals surface area (Å²) in [7, 11) is 2.36. The maximum absolute atomic E-state index is 14.2. The number of aromatic nitrogens is 2. The van der Waals surface area contributed by atoms with Gasteiger partial charge in [0.15, 0.2) is 5.69 Å². The molecular weight excluding hydrogens is 495 g/mol. The summed E-state index contributed by atoms with van der Waals surface area (Å²) in [6.45, 7) is 0. The van der Waals surface area contributed by atoms with Crippen LogP contribution in [0.15, 0.2) is 42.5 Å². The zero-order chi connectivity index (χ0) is 25.9. The highest BCUT2D eigenvalue weighted by Gasteiger charge is 2.52. The Morgan fingerprint density at radius 2 is 1.37 bits per heavy atom. The number of fused-ring (bicyclic) bond motifs is 3. The first-order valence-electron chi connectivity index (χ1n) is 9.60. The predicted molar refractivity (Wildman–Crippen MR) is 107 cm³/mol. The van der Waals surface area contributed by atoms with E-state index >= 15 is 0 Å². The van der Waals surface area contributed by atoms with Crippen LogP contribution in [-0.4, -0.2) is 23.8 Å². The molecule has 0 saturated heterocycles. The highest BCUT2D eigenvalue weighted by atomic mass is 19.4. The lowest BCUT2D eigenvalue weighted by molar-refractivity contribution is -0.164. The second-order valence-electron chi connectivity index (χ2n) is 7.32. The number of alkyl halides is 9. The Kier molecular flexibility index (Phi) is 5.56. The molecule has 2 aromatic heterocycles. The molecule has 0 unspecified atom stereocenters. The minimum Gasteiger partial charge on any atom is -0.497 e. The molecule has 0 radical (unpaired) electrons. The maximum atomic E-state index is 14.2. The number of hydrogen-bond donors (Lipinski definition) is 0. The maximum Gasteiger partial charge on any atom is 0.434 e. The first-order chi connectivity index (χ1) is 16.2. The standard InChI is InChI=1S/C22H13F9N2O2/c1-34-11-5-3-4-10(8-11)33-17-13-7-6-12(35-2)9-14(13)32-18(21(26,27)28)15(17)16(20(23,24)25)19(33)22(29,30)31/h3-9H,1-2H3. The molecule has 0 spiro atoms. The van der Waals surface area contributed by atoms with Crippen LogP contribution in [0.3, 0.4) is 0 Å². The van der Waals surface area contributed by atoms with E-state index in [0.717, 1.165) is 24.3 Å². The lowest BCUT2D eigenvalue weighted by atomic mass is 10.0. The topological polar surface area (TPSA) is 36.3 Å². The Balaban J connectivity index is 2.40. The van der Waals surface area contributed by atoms with Crippen LogP contribution in [0.25, 0.3) is 27.5 Å². The average Bonchev–Trinajstić information content (AvgIpc) is 3.14. The minimum atomic E-state index is -5.81. The van der Waals surface area contributed by atoms with E-state index in [0.29, 0.717) is 0 Å². The highest BCUT2D eigenvalue weighted by Crippen LogP contribution is 2.51. The van der Waals surface area contributed by atoms with Crippen molar-refractivity contribution in [2.45, 2.75) is 18.5 Å². The third-order valence-corrected chi connectivity index (χ3v) is 5.23. The molecule has 0 bridgehead atoms. The number of hydrogen-bond acceptors (Lipinski definition) is 3. The molecule has 0 N–H and O–H groups in total. The van der Waals surface area contributed by atoms with Crippen LogP contribution in [0.1, 0.15) is 17.0 Å². The van der Waals surface area contributed by atoms with Gasteiger partial charge < -0.3 is 14.0 Å². The normalized spacial score (nSPS) is 13.0. The molecule has 2 aromatic carbocycles. The molecule has 4 rings (SSSR count). The molecular formula is C22H13F9N2O2. The molecule has 0 fully saturated rings. The van der Waals surface area contributed by atoms with Crippen molar-refractivity contribution in [1.29, 1.82) is 0 Å². The Morgan fingerprint density at radius 1 is 0.743 bits per heavy atom. The van der Waals surface area contributed by atoms with Gasteiger partial charge in [0.2, 0.25) is 0 Å². The van der Waals surface area contributed by atoms with Crippen LogP contribution in [0.2, 0.25) is 0 Å². The molecule has 0 aliphatic carbocycles. The third-order valence-electron chi connectivity index (χ3n) is 5.23. The van der Waals surface area contributed by atoms with Crippen LogP contribution in [0, 0.1) is 0 Å². The van der Waals surface area contributed by atoms with E-state index in [9.17, 15) is 39.5 Å². The largest absolute Gasteiger partial charge is 0.497 e. The summed E-state index contributed by atoms with van der Waals surface area (Å²) in [5, 5.41) is -2.09. The Bertz CT molecular complexity index is 1430. The van der Waals surface area contributed by atoms with Crippen molar-refractivity contribution >= 4 is 21.8 Å². The minimum absolute atomic E-state index is 0.00375. The summed E-state index contributed by atoms with van der Waals surface area (Å²) in [6, 6.07) is 7.77. The first kappa shape index (κ1) is 24.5. The molecule has 13 heteroatoms. The van der Waals surface area contributed by atoms with Gasteiger partial charge in [-0.1, -0.05) is 6.07 Å². The molecule has 0 saturated carbocycles. The van der Waals surface area contributed by atoms with Gasteiger partial charge in [-0.25, -0.2) is 4.98 Å². The van der Waals surface area contributed by atoms with E-state index in [4.69, 9.17) is 9.47 Å². The lowest BCUT2D eigenvalue weighted by Gasteiger charge is -2.17. The summed E-state index contributed by atoms with van der Waals surface area (Å²) in [6.07, 6.45) is -17.0. The van der Waals surface area contributed by atoms with Crippen LogP contribution in [-0.2, 0) is 18.5 Å². The quantitative estimate of drug-likeness (QED) is 0.274. The molecule has 186 valence electrons. The van der Waals surface area contributed by atoms with E-state index in [1.54, 1.807) is 0 Å². The van der Waals surface area contributed by atoms with Crippen LogP contribution >= 0.6 is 0 Å². The fourth-order valence-electron chi connectivity index (χ4n) is 3.92. The molecule has 0 aliphatic heterocycles. The number of halogens is 9. The van der Waals surface area contributed by atoms with E-state index in [-0.39, 0.29) is 21.5 Å². The van der Waals surface area contributed by atoms with E-state index in [1.807, 2.05) is 0 Å². The molecule has 4 nitrogen and oxygen atoms in total. The fourth-order valence-corrected chi connectivity index (χ4v) is 3.92. The number of benzene rings is 2. The summed E-state index contributed by atoms with van der Waals surface area (Å²) in [4.78, 5) is 3.31. The van der Waals surface area contributed by atoms with E-state index < -0.39 is 57.6 Å². The molecule has 0 atom stereocenters. The highest BCUT2D eigenvalue weighted by molar-refractivity contribution is 6.08. The van der Waals surface area contributed by atoms with Crippen LogP contribution < -0.4 is 9.47 Å². The third kappa shape index (κ3) is 4.08. The van der Waals surface area contributed by atoms with Crippen molar-refractivity contribution in [3.8, 4) is 17.2 Å². The fraction of sp³-hybridized carbons (Fsp3) is 0.227. The second-order valence-corrected chi connectivity index (χ2v) is 7.32. The smallest absolute Gasteiger partial charge is 0.434 e. The van der Waals surface area contributed by atoms with E-state index in [2.05, 4.69) is 4.98 Å². The van der Waals surface area contributed by atoms with Crippen molar-refractivity contribution in [3.63, 3.8) is 0 Å². The van der Waals surface area contributed by atoms with Gasteiger partial charge in [-0.3, -0.25) is 0 Å². The van der Waals surface area contributed by atoms with Crippen molar-refractivity contribution in [2.24, 2.45) is 0 Å². The average molecular weight is 508 g/mol. The van der Waals surface area contributed by atoms with Gasteiger partial charge in [0.1, 0.15) is 17.2 Å². The predicted octanol–water partition coefficient (Wildman–Crippen LogP) is 7.25. The monoisotopic (exact) mass is 508 g/mol. The van der Waals surface area contributed by atoms with Gasteiger partial charge in [0.25, 0.3) is 0 Å². The number of pyridine rings is 1. The number of rotatable bonds is 3. The SMILES string of the molecule is COc1cccc(-n2c(C(F)(F)F)c(C(F)(F)F)c3c(C(F)(F)F)nc4cc(OC)ccc4c32)c1. The summed E-state index contributed by atoms with van der Waals surface area (Å²) in [5.41, 5.74) is -8.86. The molecule has 0 amide bonds. The van der Waals surface area contributed by atoms with Gasteiger partial charge in [0, 0.05) is 28.6 Å². The van der Waals surface area contributed by atoms with Crippen molar-refractivity contribution < 1.29 is 49.0 Å². The van der Waals surface area contributed by atoms with Crippen LogP contribution in [0.5, 0.6) is 11.5 Å². The van der Waals surface area contributed by atoms with Gasteiger partial charge in [-0.2, -0.15) is 39.5 Å². The Labute approximate surface area is 190 Å². The number of ether oxygens (including phenoxy) is 2. The zero-order valence-electron chi connectivity index (χ0n) is 17.7. The Morgan fingerprint density at radius 3 is 1.91 bits per heavy atom. The van der Waals surface area contributed by atoms with Gasteiger partial charge >= 0.3 is 18.5 Å². The molecule has 4 aromatic rings. The molecule has 35 heavy (non-hydrogen) atoms. The number of methoxy groups -OCH3 is 2. The zero-order valence-corrected chi connectivity index (χ0v) is 17.7.